The van der Waals surface area contributed by atoms with Crippen LogP contribution in [0.2, 0.25) is 0 Å². The van der Waals surface area contributed by atoms with Crippen LogP contribution < -0.4 is 0 Å². The molecule has 1 radical (unpaired) electrons. The SMILES string of the molecule is O=[C-]c1cccc([N+](=O)[O-])c1.[CH2-]C(C)=O.[Y]. The fourth-order valence-electron chi connectivity index (χ4n) is 0.683. The van der Waals surface area contributed by atoms with Crippen molar-refractivity contribution in [2.75, 3.05) is 0 Å². The van der Waals surface area contributed by atoms with Gasteiger partial charge in [0, 0.05) is 37.6 Å². The fraction of sp³-hybridized carbons (Fsp3) is 0.100. The van der Waals surface area contributed by atoms with Crippen LogP contribution >= 0.6 is 0 Å². The molecule has 1 aromatic carbocycles. The van der Waals surface area contributed by atoms with Gasteiger partial charge in [-0.1, -0.05) is 6.07 Å². The van der Waals surface area contributed by atoms with Crippen molar-refractivity contribution in [3.05, 3.63) is 46.9 Å². The van der Waals surface area contributed by atoms with Gasteiger partial charge in [0.25, 0.3) is 0 Å². The molecule has 0 bridgehead atoms. The van der Waals surface area contributed by atoms with Gasteiger partial charge in [-0.05, 0) is 18.8 Å². The van der Waals surface area contributed by atoms with E-state index in [0.29, 0.717) is 0 Å². The minimum atomic E-state index is -0.555. The number of Topliss-reactive ketones (excluding diaryl/α,β-unsaturated/α-hetero) is 1. The quantitative estimate of drug-likeness (QED) is 0.470. The third-order valence-electron chi connectivity index (χ3n) is 1.17. The van der Waals surface area contributed by atoms with E-state index in [1.54, 1.807) is 6.29 Å². The van der Waals surface area contributed by atoms with Gasteiger partial charge in [-0.15, -0.1) is 11.6 Å². The second kappa shape index (κ2) is 9.18. The minimum Gasteiger partial charge on any atom is -0.376 e. The average molecular weight is 296 g/mol. The Hall–Kier alpha value is -1.07. The normalized spacial score (nSPS) is 7.81. The third kappa shape index (κ3) is 8.26. The summed E-state index contributed by atoms with van der Waals surface area (Å²) in [5.41, 5.74) is 0.102. The Morgan fingerprint density at radius 3 is 2.38 bits per heavy atom. The van der Waals surface area contributed by atoms with Crippen molar-refractivity contribution in [1.82, 2.24) is 0 Å². The van der Waals surface area contributed by atoms with E-state index in [4.69, 9.17) is 0 Å². The van der Waals surface area contributed by atoms with Crippen molar-refractivity contribution < 1.29 is 47.2 Å². The molecule has 0 atom stereocenters. The van der Waals surface area contributed by atoms with Crippen LogP contribution in [-0.4, -0.2) is 17.0 Å². The van der Waals surface area contributed by atoms with Crippen molar-refractivity contribution in [1.29, 1.82) is 0 Å². The number of nitro groups is 1. The van der Waals surface area contributed by atoms with Gasteiger partial charge in [0.2, 0.25) is 5.69 Å². The number of carbonyl (C=O) groups is 1. The summed E-state index contributed by atoms with van der Waals surface area (Å²) in [5.74, 6) is -0.0833. The molecule has 0 fully saturated rings. The smallest absolute Gasteiger partial charge is 0.216 e. The van der Waals surface area contributed by atoms with E-state index in [1.165, 1.54) is 31.2 Å². The van der Waals surface area contributed by atoms with Crippen LogP contribution in [0, 0.1) is 17.0 Å². The second-order valence-electron chi connectivity index (χ2n) is 2.61. The van der Waals surface area contributed by atoms with Crippen LogP contribution in [0.3, 0.4) is 0 Å². The predicted octanol–water partition coefficient (Wildman–Crippen LogP) is 1.46. The van der Waals surface area contributed by atoms with Gasteiger partial charge in [-0.2, -0.15) is 6.07 Å². The summed E-state index contributed by atoms with van der Waals surface area (Å²) in [5, 5.41) is 10.1. The number of hydrogen-bond donors (Lipinski definition) is 0. The number of carbonyl (C=O) groups excluding carboxylic acids is 2. The molecule has 1 rings (SSSR count). The molecule has 0 aliphatic rings. The van der Waals surface area contributed by atoms with E-state index < -0.39 is 4.92 Å². The van der Waals surface area contributed by atoms with E-state index in [1.807, 2.05) is 0 Å². The summed E-state index contributed by atoms with van der Waals surface area (Å²) < 4.78 is 0. The molecular weight excluding hydrogens is 287 g/mol. The van der Waals surface area contributed by atoms with Gasteiger partial charge in [0.1, 0.15) is 0 Å². The Kier molecular flexibility index (Phi) is 9.95. The van der Waals surface area contributed by atoms with Crippen LogP contribution in [0.5, 0.6) is 0 Å². The van der Waals surface area contributed by atoms with Gasteiger partial charge in [-0.3, -0.25) is 10.1 Å². The molecule has 0 aliphatic carbocycles. The summed E-state index contributed by atoms with van der Waals surface area (Å²) in [6.07, 6.45) is 1.57. The number of hydrogen-bond acceptors (Lipinski definition) is 4. The number of rotatable bonds is 2. The number of benzene rings is 1. The van der Waals surface area contributed by atoms with Crippen LogP contribution in [0.15, 0.2) is 24.3 Å². The van der Waals surface area contributed by atoms with Crippen LogP contribution in [0.4, 0.5) is 5.69 Å². The predicted molar refractivity (Wildman–Crippen MR) is 53.9 cm³/mol. The van der Waals surface area contributed by atoms with Crippen molar-refractivity contribution >= 4 is 17.8 Å². The standard InChI is InChI=1S/C7H4NO3.C3H5O.Y/c9-5-6-2-1-3-7(4-6)8(10)11;1-3(2)4;/h1-4H;1H2,2H3;/q2*-1;. The molecule has 6 heteroatoms. The second-order valence-corrected chi connectivity index (χ2v) is 2.61. The van der Waals surface area contributed by atoms with Gasteiger partial charge in [0.15, 0.2) is 0 Å². The van der Waals surface area contributed by atoms with E-state index in [2.05, 4.69) is 6.92 Å². The van der Waals surface area contributed by atoms with Crippen molar-refractivity contribution in [3.8, 4) is 0 Å². The summed E-state index contributed by atoms with van der Waals surface area (Å²) in [6, 6.07) is 5.40. The number of nitro benzene ring substituents is 1. The maximum absolute atomic E-state index is 10.1. The minimum absolute atomic E-state index is 0. The monoisotopic (exact) mass is 296 g/mol. The summed E-state index contributed by atoms with van der Waals surface area (Å²) in [4.78, 5) is 29.0. The van der Waals surface area contributed by atoms with Gasteiger partial charge < -0.3 is 16.5 Å². The van der Waals surface area contributed by atoms with Gasteiger partial charge >= 0.3 is 0 Å². The maximum atomic E-state index is 10.1. The van der Waals surface area contributed by atoms with Crippen molar-refractivity contribution in [3.63, 3.8) is 0 Å². The topological polar surface area (TPSA) is 77.3 Å². The summed E-state index contributed by atoms with van der Waals surface area (Å²) >= 11 is 0. The number of nitrogens with zero attached hydrogens (tertiary/aromatic N) is 1. The van der Waals surface area contributed by atoms with E-state index >= 15 is 0 Å². The van der Waals surface area contributed by atoms with Crippen LogP contribution in [0.25, 0.3) is 0 Å². The zero-order chi connectivity index (χ0) is 11.8. The zero-order valence-electron chi connectivity index (χ0n) is 8.67. The molecule has 83 valence electrons. The first-order valence-corrected chi connectivity index (χ1v) is 3.92. The molecule has 0 amide bonds. The molecule has 0 heterocycles. The first kappa shape index (κ1) is 17.3. The maximum Gasteiger partial charge on any atom is 0.216 e. The molecule has 0 saturated carbocycles. The first-order valence-electron chi connectivity index (χ1n) is 3.92. The average Bonchev–Trinajstić information content (AvgIpc) is 2.17. The summed E-state index contributed by atoms with van der Waals surface area (Å²) in [6.45, 7) is 4.42. The Morgan fingerprint density at radius 1 is 1.50 bits per heavy atom. The molecule has 0 aromatic heterocycles. The molecule has 5 nitrogen and oxygen atoms in total. The zero-order valence-corrected chi connectivity index (χ0v) is 11.5. The molecule has 16 heavy (non-hydrogen) atoms. The third-order valence-corrected chi connectivity index (χ3v) is 1.17. The van der Waals surface area contributed by atoms with Gasteiger partial charge in [0.05, 0.1) is 6.29 Å². The molecule has 1 aromatic rings. The molecule has 0 unspecified atom stereocenters. The Balaban J connectivity index is 0. The van der Waals surface area contributed by atoms with Crippen LogP contribution in [-0.2, 0) is 42.3 Å². The van der Waals surface area contributed by atoms with E-state index in [-0.39, 0.29) is 49.7 Å². The fourth-order valence-corrected chi connectivity index (χ4v) is 0.683. The molecule has 0 spiro atoms. The first-order chi connectivity index (χ1) is 6.97. The molecular formula is C10H9NO4Y-2. The Bertz CT molecular complexity index is 375. The van der Waals surface area contributed by atoms with Crippen LogP contribution in [0.1, 0.15) is 12.5 Å². The molecule has 0 aliphatic heterocycles. The Labute approximate surface area is 118 Å². The number of non-ortho nitro benzene ring substituents is 1. The van der Waals surface area contributed by atoms with E-state index in [0.717, 1.165) is 0 Å². The molecule has 0 saturated heterocycles. The molecule has 0 N–H and O–H groups in total. The van der Waals surface area contributed by atoms with Gasteiger partial charge in [-0.25, -0.2) is 0 Å². The van der Waals surface area contributed by atoms with Crippen molar-refractivity contribution in [2.45, 2.75) is 6.92 Å². The summed E-state index contributed by atoms with van der Waals surface area (Å²) in [7, 11) is 0. The van der Waals surface area contributed by atoms with Crippen molar-refractivity contribution in [2.24, 2.45) is 0 Å². The number of ketones is 1. The largest absolute Gasteiger partial charge is 0.376 e. The Morgan fingerprint density at radius 2 is 2.00 bits per heavy atom. The van der Waals surface area contributed by atoms with E-state index in [9.17, 15) is 19.7 Å².